The van der Waals surface area contributed by atoms with E-state index in [1.54, 1.807) is 52.7 Å². The van der Waals surface area contributed by atoms with Gasteiger partial charge in [0, 0.05) is 24.2 Å². The molecule has 8 nitrogen and oxygen atoms in total. The van der Waals surface area contributed by atoms with Crippen molar-refractivity contribution in [2.75, 3.05) is 13.7 Å². The van der Waals surface area contributed by atoms with E-state index in [1.807, 2.05) is 42.6 Å². The highest BCUT2D eigenvalue weighted by molar-refractivity contribution is 7.09. The molecule has 0 atom stereocenters. The van der Waals surface area contributed by atoms with Gasteiger partial charge in [0.15, 0.2) is 17.3 Å². The van der Waals surface area contributed by atoms with Crippen LogP contribution in [0.2, 0.25) is 0 Å². The zero-order chi connectivity index (χ0) is 22.3. The number of pyridine rings is 1. The van der Waals surface area contributed by atoms with Crippen molar-refractivity contribution in [1.82, 2.24) is 24.6 Å². The summed E-state index contributed by atoms with van der Waals surface area (Å²) in [4.78, 5) is 24.2. The maximum atomic E-state index is 13.0. The highest BCUT2D eigenvalue weighted by Gasteiger charge is 2.17. The van der Waals surface area contributed by atoms with E-state index in [2.05, 4.69) is 15.1 Å². The molecule has 0 aliphatic rings. The van der Waals surface area contributed by atoms with E-state index in [4.69, 9.17) is 9.47 Å². The molecule has 0 saturated heterocycles. The lowest BCUT2D eigenvalue weighted by atomic mass is 10.1. The number of hydrogen-bond donors (Lipinski definition) is 0. The fourth-order valence-corrected chi connectivity index (χ4v) is 3.79. The molecule has 0 N–H and O–H groups in total. The second-order valence-corrected chi connectivity index (χ2v) is 7.95. The van der Waals surface area contributed by atoms with Gasteiger partial charge in [-0.3, -0.25) is 4.79 Å². The average Bonchev–Trinajstić information content (AvgIpc) is 3.56. The zero-order valence-electron chi connectivity index (χ0n) is 17.8. The van der Waals surface area contributed by atoms with Crippen LogP contribution in [0.25, 0.3) is 5.82 Å². The van der Waals surface area contributed by atoms with Crippen LogP contribution in [0.3, 0.4) is 0 Å². The molecule has 0 spiro atoms. The van der Waals surface area contributed by atoms with Gasteiger partial charge in [0.25, 0.3) is 5.91 Å². The van der Waals surface area contributed by atoms with Gasteiger partial charge in [-0.2, -0.15) is 5.10 Å². The molecule has 0 unspecified atom stereocenters. The maximum Gasteiger partial charge on any atom is 0.255 e. The third kappa shape index (κ3) is 4.94. The monoisotopic (exact) mass is 449 g/mol. The Morgan fingerprint density at radius 1 is 1.19 bits per heavy atom. The Balaban J connectivity index is 1.44. The molecule has 9 heteroatoms. The Kier molecular flexibility index (Phi) is 6.76. The Morgan fingerprint density at radius 2 is 2.09 bits per heavy atom. The number of carbonyl (C=O) groups excluding carboxylic acids is 1. The van der Waals surface area contributed by atoms with E-state index in [9.17, 15) is 4.79 Å². The molecule has 164 valence electrons. The summed E-state index contributed by atoms with van der Waals surface area (Å²) >= 11 is 1.65. The molecule has 0 saturated carbocycles. The van der Waals surface area contributed by atoms with Crippen LogP contribution in [0.4, 0.5) is 0 Å². The number of rotatable bonds is 9. The highest BCUT2D eigenvalue weighted by atomic mass is 32.1. The predicted octanol–water partition coefficient (Wildman–Crippen LogP) is 3.97. The van der Waals surface area contributed by atoms with Gasteiger partial charge < -0.3 is 14.4 Å². The van der Waals surface area contributed by atoms with Crippen molar-refractivity contribution >= 4 is 17.2 Å². The summed E-state index contributed by atoms with van der Waals surface area (Å²) in [6, 6.07) is 13.3. The smallest absolute Gasteiger partial charge is 0.255 e. The van der Waals surface area contributed by atoms with Gasteiger partial charge in [-0.1, -0.05) is 12.1 Å². The molecule has 3 heterocycles. The summed E-state index contributed by atoms with van der Waals surface area (Å²) in [6.45, 7) is 3.44. The number of benzene rings is 1. The second kappa shape index (κ2) is 10.1. The number of ether oxygens (including phenoxy) is 2. The van der Waals surface area contributed by atoms with Gasteiger partial charge >= 0.3 is 0 Å². The molecule has 0 aliphatic carbocycles. The molecule has 1 aromatic carbocycles. The third-order valence-electron chi connectivity index (χ3n) is 4.87. The molecule has 3 aromatic heterocycles. The summed E-state index contributed by atoms with van der Waals surface area (Å²) in [5.74, 6) is 1.82. The van der Waals surface area contributed by atoms with E-state index in [-0.39, 0.29) is 5.91 Å². The zero-order valence-corrected chi connectivity index (χ0v) is 18.7. The van der Waals surface area contributed by atoms with Gasteiger partial charge in [0.05, 0.1) is 12.7 Å². The number of hydrogen-bond acceptors (Lipinski definition) is 7. The molecular formula is C23H23N5O3S. The molecule has 0 radical (unpaired) electrons. The molecule has 0 bridgehead atoms. The minimum Gasteiger partial charge on any atom is -0.493 e. The van der Waals surface area contributed by atoms with Gasteiger partial charge in [-0.25, -0.2) is 14.6 Å². The van der Waals surface area contributed by atoms with Crippen LogP contribution in [0.15, 0.2) is 66.7 Å². The first-order valence-electron chi connectivity index (χ1n) is 10.1. The second-order valence-electron chi connectivity index (χ2n) is 6.92. The number of aromatic nitrogens is 4. The van der Waals surface area contributed by atoms with Crippen LogP contribution in [0, 0.1) is 0 Å². The fourth-order valence-electron chi connectivity index (χ4n) is 3.18. The normalized spacial score (nSPS) is 10.7. The number of methoxy groups -OCH3 is 1. The van der Waals surface area contributed by atoms with Crippen LogP contribution in [-0.2, 0) is 13.2 Å². The Hall–Kier alpha value is -3.72. The average molecular weight is 450 g/mol. The number of carbonyl (C=O) groups is 1. The van der Waals surface area contributed by atoms with Crippen molar-refractivity contribution in [1.29, 1.82) is 0 Å². The topological polar surface area (TPSA) is 82.4 Å². The summed E-state index contributed by atoms with van der Waals surface area (Å²) < 4.78 is 13.0. The van der Waals surface area contributed by atoms with Crippen molar-refractivity contribution in [2.24, 2.45) is 0 Å². The van der Waals surface area contributed by atoms with Gasteiger partial charge in [-0.05, 0) is 48.2 Å². The summed E-state index contributed by atoms with van der Waals surface area (Å²) in [7, 11) is 1.61. The van der Waals surface area contributed by atoms with Gasteiger partial charge in [-0.15, -0.1) is 11.3 Å². The van der Waals surface area contributed by atoms with Crippen molar-refractivity contribution < 1.29 is 14.3 Å². The Bertz CT molecular complexity index is 1150. The van der Waals surface area contributed by atoms with E-state index in [0.29, 0.717) is 42.6 Å². The molecule has 4 rings (SSSR count). The molecular weight excluding hydrogens is 426 g/mol. The number of amides is 1. The SMILES string of the molecule is CCN(Cc1ccc(OCc2cccs2)c(OC)c1)C(=O)c1ccc(-n2cncn2)nc1. The molecule has 4 aromatic rings. The minimum absolute atomic E-state index is 0.0953. The minimum atomic E-state index is -0.0953. The standard InChI is InChI=1S/C23H23N5O3S/c1-3-27(23(29)18-7-9-22(25-12-18)28-16-24-15-26-28)13-17-6-8-20(21(11-17)30-2)31-14-19-5-4-10-32-19/h4-12,15-16H,3,13-14H2,1-2H3. The van der Waals surface area contributed by atoms with Crippen LogP contribution >= 0.6 is 11.3 Å². The summed E-state index contributed by atoms with van der Waals surface area (Å²) in [5.41, 5.74) is 1.46. The third-order valence-corrected chi connectivity index (χ3v) is 5.72. The number of thiophene rings is 1. The van der Waals surface area contributed by atoms with E-state index < -0.39 is 0 Å². The van der Waals surface area contributed by atoms with E-state index in [0.717, 1.165) is 10.4 Å². The van der Waals surface area contributed by atoms with Gasteiger partial charge in [0.2, 0.25) is 0 Å². The number of nitrogens with zero attached hydrogens (tertiary/aromatic N) is 5. The van der Waals surface area contributed by atoms with E-state index >= 15 is 0 Å². The first kappa shape index (κ1) is 21.5. The van der Waals surface area contributed by atoms with Crippen molar-refractivity contribution in [2.45, 2.75) is 20.1 Å². The molecule has 0 fully saturated rings. The lowest BCUT2D eigenvalue weighted by Crippen LogP contribution is -2.30. The summed E-state index contributed by atoms with van der Waals surface area (Å²) in [6.07, 6.45) is 4.56. The van der Waals surface area contributed by atoms with Crippen LogP contribution < -0.4 is 9.47 Å². The first-order valence-corrected chi connectivity index (χ1v) is 11.0. The Morgan fingerprint density at radius 3 is 2.75 bits per heavy atom. The van der Waals surface area contributed by atoms with Gasteiger partial charge in [0.1, 0.15) is 19.3 Å². The van der Waals surface area contributed by atoms with Crippen LogP contribution in [0.1, 0.15) is 27.7 Å². The Labute approximate surface area is 190 Å². The molecule has 1 amide bonds. The summed E-state index contributed by atoms with van der Waals surface area (Å²) in [5, 5.41) is 6.07. The van der Waals surface area contributed by atoms with Crippen LogP contribution in [0.5, 0.6) is 11.5 Å². The fraction of sp³-hybridized carbons (Fsp3) is 0.217. The molecule has 32 heavy (non-hydrogen) atoms. The van der Waals surface area contributed by atoms with Crippen molar-refractivity contribution in [3.8, 4) is 17.3 Å². The van der Waals surface area contributed by atoms with Crippen molar-refractivity contribution in [3.05, 3.63) is 82.7 Å². The van der Waals surface area contributed by atoms with E-state index in [1.165, 1.54) is 6.33 Å². The quantitative estimate of drug-likeness (QED) is 0.385. The predicted molar refractivity (Wildman–Crippen MR) is 121 cm³/mol. The molecule has 0 aliphatic heterocycles. The van der Waals surface area contributed by atoms with Crippen LogP contribution in [-0.4, -0.2) is 44.2 Å². The highest BCUT2D eigenvalue weighted by Crippen LogP contribution is 2.30. The lowest BCUT2D eigenvalue weighted by molar-refractivity contribution is 0.0752. The maximum absolute atomic E-state index is 13.0. The largest absolute Gasteiger partial charge is 0.493 e. The van der Waals surface area contributed by atoms with Crippen molar-refractivity contribution in [3.63, 3.8) is 0 Å². The lowest BCUT2D eigenvalue weighted by Gasteiger charge is -2.22. The first-order chi connectivity index (χ1) is 15.7.